The van der Waals surface area contributed by atoms with Gasteiger partial charge in [-0.2, -0.15) is 0 Å². The van der Waals surface area contributed by atoms with Crippen LogP contribution in [0, 0.1) is 13.8 Å². The van der Waals surface area contributed by atoms with Crippen LogP contribution in [0.3, 0.4) is 0 Å². The maximum atomic E-state index is 10.8. The minimum absolute atomic E-state index is 0.245. The lowest BCUT2D eigenvalue weighted by Gasteiger charge is -2.08. The van der Waals surface area contributed by atoms with E-state index in [1.54, 1.807) is 6.07 Å². The number of carboxylic acids is 1. The van der Waals surface area contributed by atoms with Crippen molar-refractivity contribution in [3.05, 3.63) is 41.5 Å². The summed E-state index contributed by atoms with van der Waals surface area (Å²) < 4.78 is 1.30. The number of rotatable bonds is 3. The van der Waals surface area contributed by atoms with E-state index in [2.05, 4.69) is 5.10 Å². The molecule has 3 N–H and O–H groups in total. The summed E-state index contributed by atoms with van der Waals surface area (Å²) in [4.78, 5) is 10.8. The maximum absolute atomic E-state index is 10.8. The topological polar surface area (TPSA) is 80.1 Å². The summed E-state index contributed by atoms with van der Waals surface area (Å²) in [6, 6.07) is 9.59. The summed E-state index contributed by atoms with van der Waals surface area (Å²) in [5.41, 5.74) is 9.55. The van der Waals surface area contributed by atoms with Crippen LogP contribution in [0.15, 0.2) is 30.3 Å². The van der Waals surface area contributed by atoms with Gasteiger partial charge in [-0.3, -0.25) is 5.73 Å². The molecule has 0 unspecified atom stereocenters. The van der Waals surface area contributed by atoms with Crippen LogP contribution in [0.2, 0.25) is 0 Å². The fourth-order valence-electron chi connectivity index (χ4n) is 1.98. The molecule has 0 fully saturated rings. The van der Waals surface area contributed by atoms with Crippen LogP contribution in [-0.4, -0.2) is 16.2 Å². The van der Waals surface area contributed by atoms with E-state index in [9.17, 15) is 4.79 Å². The summed E-state index contributed by atoms with van der Waals surface area (Å²) in [7, 11) is 0. The first kappa shape index (κ1) is 13.0. The lowest BCUT2D eigenvalue weighted by Crippen LogP contribution is -2.44. The number of aryl methyl sites for hydroxylation is 2. The molecule has 0 atom stereocenters. The van der Waals surface area contributed by atoms with Crippen molar-refractivity contribution in [2.45, 2.75) is 20.4 Å². The molecule has 0 amide bonds. The molecule has 5 nitrogen and oxygen atoms in total. The standard InChI is InChI=1S/C14H15N3O2/c1-9-5-3-4-6-11(9)14-10(2)7-12(15)17(16-14)8-13(18)19/h3-7,15H,8H2,1-2H3,(H,18,19)/p+1. The fourth-order valence-corrected chi connectivity index (χ4v) is 1.98. The number of nitrogen functional groups attached to an aromatic ring is 1. The number of carbonyl (C=O) groups is 1. The molecular weight excluding hydrogens is 242 g/mol. The van der Waals surface area contributed by atoms with E-state index in [-0.39, 0.29) is 6.54 Å². The van der Waals surface area contributed by atoms with Gasteiger partial charge >= 0.3 is 5.97 Å². The Morgan fingerprint density at radius 3 is 2.63 bits per heavy atom. The Kier molecular flexibility index (Phi) is 3.46. The minimum Gasteiger partial charge on any atom is -0.478 e. The van der Waals surface area contributed by atoms with Gasteiger partial charge in [0, 0.05) is 11.6 Å². The lowest BCUT2D eigenvalue weighted by molar-refractivity contribution is -0.729. The second-order valence-corrected chi connectivity index (χ2v) is 4.47. The molecule has 98 valence electrons. The van der Waals surface area contributed by atoms with Gasteiger partial charge in [0.15, 0.2) is 0 Å². The number of aromatic nitrogens is 2. The SMILES string of the molecule is Cc1ccccc1-c1n[n+](CC(=O)O)c(N)cc1C. The summed E-state index contributed by atoms with van der Waals surface area (Å²) in [6.07, 6.45) is 0. The third kappa shape index (κ3) is 2.70. The number of nitrogens with two attached hydrogens (primary N) is 1. The fraction of sp³-hybridized carbons (Fsp3) is 0.214. The van der Waals surface area contributed by atoms with Gasteiger partial charge in [0.2, 0.25) is 6.54 Å². The molecule has 1 aromatic carbocycles. The molecule has 0 saturated heterocycles. The average Bonchev–Trinajstić information content (AvgIpc) is 2.33. The molecule has 19 heavy (non-hydrogen) atoms. The van der Waals surface area contributed by atoms with Crippen LogP contribution < -0.4 is 10.4 Å². The molecule has 0 radical (unpaired) electrons. The normalized spacial score (nSPS) is 10.4. The van der Waals surface area contributed by atoms with Crippen molar-refractivity contribution in [1.82, 2.24) is 5.10 Å². The van der Waals surface area contributed by atoms with Crippen LogP contribution in [0.4, 0.5) is 5.82 Å². The highest BCUT2D eigenvalue weighted by molar-refractivity contribution is 5.67. The Bertz CT molecular complexity index is 639. The Hall–Kier alpha value is -2.43. The largest absolute Gasteiger partial charge is 0.478 e. The molecule has 0 aliphatic carbocycles. The number of nitrogens with zero attached hydrogens (tertiary/aromatic N) is 2. The van der Waals surface area contributed by atoms with Crippen molar-refractivity contribution in [2.24, 2.45) is 0 Å². The average molecular weight is 258 g/mol. The molecule has 0 aliphatic heterocycles. The monoisotopic (exact) mass is 258 g/mol. The van der Waals surface area contributed by atoms with E-state index in [4.69, 9.17) is 10.8 Å². The minimum atomic E-state index is -0.969. The third-order valence-corrected chi connectivity index (χ3v) is 2.94. The van der Waals surface area contributed by atoms with Crippen molar-refractivity contribution in [2.75, 3.05) is 5.73 Å². The predicted octanol–water partition coefficient (Wildman–Crippen LogP) is 1.32. The molecule has 0 aliphatic rings. The summed E-state index contributed by atoms with van der Waals surface area (Å²) in [5, 5.41) is 13.2. The lowest BCUT2D eigenvalue weighted by atomic mass is 10.0. The highest BCUT2D eigenvalue weighted by Crippen LogP contribution is 2.23. The number of carboxylic acid groups (broad SMARTS) is 1. The van der Waals surface area contributed by atoms with Gasteiger partial charge in [-0.25, -0.2) is 4.79 Å². The van der Waals surface area contributed by atoms with Gasteiger partial charge in [0.05, 0.1) is 0 Å². The molecule has 0 saturated carbocycles. The predicted molar refractivity (Wildman–Crippen MR) is 71.4 cm³/mol. The summed E-state index contributed by atoms with van der Waals surface area (Å²) >= 11 is 0. The van der Waals surface area contributed by atoms with Gasteiger partial charge in [-0.1, -0.05) is 29.4 Å². The highest BCUT2D eigenvalue weighted by atomic mass is 16.4. The second-order valence-electron chi connectivity index (χ2n) is 4.47. The number of aliphatic carboxylic acids is 1. The number of hydrogen-bond donors (Lipinski definition) is 2. The van der Waals surface area contributed by atoms with E-state index in [1.807, 2.05) is 38.1 Å². The Balaban J connectivity index is 2.58. The van der Waals surface area contributed by atoms with Crippen LogP contribution in [0.25, 0.3) is 11.3 Å². The van der Waals surface area contributed by atoms with Gasteiger partial charge < -0.3 is 5.11 Å². The third-order valence-electron chi connectivity index (χ3n) is 2.94. The van der Waals surface area contributed by atoms with Crippen molar-refractivity contribution >= 4 is 11.8 Å². The molecular formula is C14H16N3O2+. The van der Waals surface area contributed by atoms with Crippen molar-refractivity contribution < 1.29 is 14.6 Å². The highest BCUT2D eigenvalue weighted by Gasteiger charge is 2.16. The van der Waals surface area contributed by atoms with Crippen LogP contribution in [0.1, 0.15) is 11.1 Å². The van der Waals surface area contributed by atoms with E-state index < -0.39 is 5.97 Å². The van der Waals surface area contributed by atoms with Crippen molar-refractivity contribution in [1.29, 1.82) is 0 Å². The van der Waals surface area contributed by atoms with E-state index in [0.29, 0.717) is 5.82 Å². The Morgan fingerprint density at radius 2 is 2.00 bits per heavy atom. The Labute approximate surface area is 111 Å². The number of hydrogen-bond acceptors (Lipinski definition) is 3. The molecule has 2 rings (SSSR count). The number of anilines is 1. The van der Waals surface area contributed by atoms with Crippen LogP contribution in [-0.2, 0) is 11.3 Å². The zero-order valence-electron chi connectivity index (χ0n) is 10.9. The van der Waals surface area contributed by atoms with Gasteiger partial charge in [0.25, 0.3) is 5.82 Å². The van der Waals surface area contributed by atoms with Crippen molar-refractivity contribution in [3.63, 3.8) is 0 Å². The Morgan fingerprint density at radius 1 is 1.32 bits per heavy atom. The van der Waals surface area contributed by atoms with Gasteiger partial charge in [-0.05, 0) is 25.0 Å². The van der Waals surface area contributed by atoms with Crippen LogP contribution >= 0.6 is 0 Å². The zero-order valence-corrected chi connectivity index (χ0v) is 10.9. The van der Waals surface area contributed by atoms with E-state index in [0.717, 1.165) is 22.4 Å². The number of benzene rings is 1. The van der Waals surface area contributed by atoms with E-state index >= 15 is 0 Å². The van der Waals surface area contributed by atoms with Gasteiger partial charge in [-0.15, -0.1) is 4.68 Å². The molecule has 0 spiro atoms. The first-order chi connectivity index (χ1) is 8.99. The van der Waals surface area contributed by atoms with Crippen LogP contribution in [0.5, 0.6) is 0 Å². The molecule has 2 aromatic rings. The molecule has 5 heteroatoms. The molecule has 1 heterocycles. The van der Waals surface area contributed by atoms with Crippen molar-refractivity contribution in [3.8, 4) is 11.3 Å². The molecule has 1 aromatic heterocycles. The first-order valence-corrected chi connectivity index (χ1v) is 5.94. The molecule has 0 bridgehead atoms. The zero-order chi connectivity index (χ0) is 14.0. The van der Waals surface area contributed by atoms with Gasteiger partial charge in [0.1, 0.15) is 5.69 Å². The van der Waals surface area contributed by atoms with E-state index in [1.165, 1.54) is 4.68 Å². The summed E-state index contributed by atoms with van der Waals surface area (Å²) in [5.74, 6) is -0.624. The smallest absolute Gasteiger partial charge is 0.348 e. The quantitative estimate of drug-likeness (QED) is 0.814. The maximum Gasteiger partial charge on any atom is 0.348 e. The second kappa shape index (κ2) is 5.06. The first-order valence-electron chi connectivity index (χ1n) is 5.94. The summed E-state index contributed by atoms with van der Waals surface area (Å²) in [6.45, 7) is 3.66.